The largest absolute Gasteiger partial charge is 0.330 e. The quantitative estimate of drug-likeness (QED) is 0.819. The highest BCUT2D eigenvalue weighted by Gasteiger charge is 2.36. The van der Waals surface area contributed by atoms with E-state index in [1.165, 1.54) is 18.3 Å². The summed E-state index contributed by atoms with van der Waals surface area (Å²) < 4.78 is 1.65. The fourth-order valence-corrected chi connectivity index (χ4v) is 2.00. The van der Waals surface area contributed by atoms with Gasteiger partial charge in [-0.3, -0.25) is 0 Å². The second-order valence-corrected chi connectivity index (χ2v) is 4.13. The van der Waals surface area contributed by atoms with Crippen LogP contribution in [0.5, 0.6) is 0 Å². The van der Waals surface area contributed by atoms with Gasteiger partial charge in [0, 0.05) is 6.20 Å². The molecule has 0 saturated heterocycles. The molecule has 1 saturated carbocycles. The highest BCUT2D eigenvalue weighted by molar-refractivity contribution is 5.29. The molecule has 0 amide bonds. The standard InChI is InChI=1S/C11H13N5/c12-4-9-3-10(9)8-1-2-11(14-5-8)16-7-13-6-15-16/h1-2,5-7,9-10H,3-4,12H2/t9-,10-/m0/s1. The lowest BCUT2D eigenvalue weighted by molar-refractivity contribution is 0.802. The summed E-state index contributed by atoms with van der Waals surface area (Å²) in [4.78, 5) is 8.26. The maximum absolute atomic E-state index is 5.63. The molecular formula is C11H13N5. The van der Waals surface area contributed by atoms with Gasteiger partial charge in [0.25, 0.3) is 0 Å². The molecule has 1 fully saturated rings. The van der Waals surface area contributed by atoms with Crippen molar-refractivity contribution in [3.8, 4) is 5.82 Å². The second kappa shape index (κ2) is 3.68. The maximum atomic E-state index is 5.63. The topological polar surface area (TPSA) is 69.6 Å². The summed E-state index contributed by atoms with van der Waals surface area (Å²) in [6, 6.07) is 4.07. The van der Waals surface area contributed by atoms with Gasteiger partial charge in [-0.15, -0.1) is 0 Å². The van der Waals surface area contributed by atoms with Crippen LogP contribution < -0.4 is 5.73 Å². The second-order valence-electron chi connectivity index (χ2n) is 4.13. The molecule has 1 aliphatic carbocycles. The van der Waals surface area contributed by atoms with E-state index in [1.807, 2.05) is 12.3 Å². The zero-order chi connectivity index (χ0) is 11.0. The van der Waals surface area contributed by atoms with E-state index in [0.29, 0.717) is 11.8 Å². The first-order valence-electron chi connectivity index (χ1n) is 5.39. The molecule has 0 bridgehead atoms. The minimum atomic E-state index is 0.613. The Bertz CT molecular complexity index is 462. The van der Waals surface area contributed by atoms with E-state index in [1.54, 1.807) is 11.0 Å². The monoisotopic (exact) mass is 215 g/mol. The van der Waals surface area contributed by atoms with E-state index in [2.05, 4.69) is 21.1 Å². The van der Waals surface area contributed by atoms with Crippen molar-refractivity contribution in [2.75, 3.05) is 6.54 Å². The Hall–Kier alpha value is -1.75. The lowest BCUT2D eigenvalue weighted by Crippen LogP contribution is -2.02. The number of hydrogen-bond acceptors (Lipinski definition) is 4. The summed E-state index contributed by atoms with van der Waals surface area (Å²) in [5.74, 6) is 2.06. The molecule has 2 atom stereocenters. The summed E-state index contributed by atoms with van der Waals surface area (Å²) in [6.45, 7) is 0.773. The van der Waals surface area contributed by atoms with E-state index >= 15 is 0 Å². The molecule has 16 heavy (non-hydrogen) atoms. The number of pyridine rings is 1. The van der Waals surface area contributed by atoms with E-state index in [-0.39, 0.29) is 0 Å². The number of nitrogens with zero attached hydrogens (tertiary/aromatic N) is 4. The van der Waals surface area contributed by atoms with Crippen LogP contribution in [0.3, 0.4) is 0 Å². The molecule has 5 heteroatoms. The van der Waals surface area contributed by atoms with Crippen molar-refractivity contribution in [1.82, 2.24) is 19.7 Å². The van der Waals surface area contributed by atoms with Gasteiger partial charge in [0.2, 0.25) is 0 Å². The van der Waals surface area contributed by atoms with Gasteiger partial charge < -0.3 is 5.73 Å². The highest BCUT2D eigenvalue weighted by Crippen LogP contribution is 2.46. The van der Waals surface area contributed by atoms with Crippen LogP contribution in [0.1, 0.15) is 17.9 Å². The van der Waals surface area contributed by atoms with Gasteiger partial charge >= 0.3 is 0 Å². The Labute approximate surface area is 93.3 Å². The zero-order valence-corrected chi connectivity index (χ0v) is 8.82. The first-order valence-corrected chi connectivity index (χ1v) is 5.39. The van der Waals surface area contributed by atoms with Gasteiger partial charge in [-0.2, -0.15) is 5.10 Å². The van der Waals surface area contributed by atoms with Crippen molar-refractivity contribution in [1.29, 1.82) is 0 Å². The molecule has 2 aromatic rings. The van der Waals surface area contributed by atoms with Crippen LogP contribution in [0.2, 0.25) is 0 Å². The van der Waals surface area contributed by atoms with Gasteiger partial charge in [-0.25, -0.2) is 14.6 Å². The smallest absolute Gasteiger partial charge is 0.155 e. The van der Waals surface area contributed by atoms with Crippen LogP contribution in [0.4, 0.5) is 0 Å². The van der Waals surface area contributed by atoms with Crippen LogP contribution >= 0.6 is 0 Å². The lowest BCUT2D eigenvalue weighted by Gasteiger charge is -2.01. The van der Waals surface area contributed by atoms with Crippen molar-refractivity contribution in [3.63, 3.8) is 0 Å². The van der Waals surface area contributed by atoms with E-state index in [9.17, 15) is 0 Å². The molecule has 0 aliphatic heterocycles. The number of nitrogens with two attached hydrogens (primary N) is 1. The summed E-state index contributed by atoms with van der Waals surface area (Å²) >= 11 is 0. The average Bonchev–Trinajstić information content (AvgIpc) is 2.93. The van der Waals surface area contributed by atoms with Crippen molar-refractivity contribution in [3.05, 3.63) is 36.5 Å². The minimum Gasteiger partial charge on any atom is -0.330 e. The predicted molar refractivity (Wildman–Crippen MR) is 59.1 cm³/mol. The molecule has 5 nitrogen and oxygen atoms in total. The zero-order valence-electron chi connectivity index (χ0n) is 8.82. The van der Waals surface area contributed by atoms with Crippen LogP contribution in [0.25, 0.3) is 5.82 Å². The molecule has 3 rings (SSSR count). The van der Waals surface area contributed by atoms with E-state index < -0.39 is 0 Å². The minimum absolute atomic E-state index is 0.613. The van der Waals surface area contributed by atoms with E-state index in [4.69, 9.17) is 5.73 Å². The summed E-state index contributed by atoms with van der Waals surface area (Å²) in [5.41, 5.74) is 6.90. The lowest BCUT2D eigenvalue weighted by atomic mass is 10.1. The van der Waals surface area contributed by atoms with Crippen LogP contribution in [0, 0.1) is 5.92 Å². The summed E-state index contributed by atoms with van der Waals surface area (Å²) in [5, 5.41) is 4.03. The molecular weight excluding hydrogens is 202 g/mol. The third-order valence-electron chi connectivity index (χ3n) is 3.08. The Morgan fingerprint density at radius 3 is 2.94 bits per heavy atom. The van der Waals surface area contributed by atoms with E-state index in [0.717, 1.165) is 12.4 Å². The highest BCUT2D eigenvalue weighted by atomic mass is 15.3. The van der Waals surface area contributed by atoms with Crippen LogP contribution in [0.15, 0.2) is 31.0 Å². The third-order valence-corrected chi connectivity index (χ3v) is 3.08. The Balaban J connectivity index is 1.81. The SMILES string of the molecule is NC[C@@H]1C[C@H]1c1ccc(-n2cncn2)nc1. The third kappa shape index (κ3) is 1.59. The number of aromatic nitrogens is 4. The average molecular weight is 215 g/mol. The summed E-state index contributed by atoms with van der Waals surface area (Å²) in [7, 11) is 0. The van der Waals surface area contributed by atoms with Gasteiger partial charge in [-0.05, 0) is 36.4 Å². The number of rotatable bonds is 3. The molecule has 1 aliphatic rings. The summed E-state index contributed by atoms with van der Waals surface area (Å²) in [6.07, 6.45) is 6.25. The molecule has 0 aromatic carbocycles. The molecule has 2 heterocycles. The van der Waals surface area contributed by atoms with Gasteiger partial charge in [0.05, 0.1) is 0 Å². The van der Waals surface area contributed by atoms with Crippen molar-refractivity contribution < 1.29 is 0 Å². The first kappa shape index (κ1) is 9.47. The Morgan fingerprint density at radius 1 is 1.44 bits per heavy atom. The van der Waals surface area contributed by atoms with Crippen molar-refractivity contribution >= 4 is 0 Å². The molecule has 0 spiro atoms. The Morgan fingerprint density at radius 2 is 2.38 bits per heavy atom. The molecule has 2 aromatic heterocycles. The number of hydrogen-bond donors (Lipinski definition) is 1. The Kier molecular flexibility index (Phi) is 2.18. The fraction of sp³-hybridized carbons (Fsp3) is 0.364. The van der Waals surface area contributed by atoms with Crippen molar-refractivity contribution in [2.45, 2.75) is 12.3 Å². The molecule has 0 unspecified atom stereocenters. The van der Waals surface area contributed by atoms with Gasteiger partial charge in [0.1, 0.15) is 12.7 Å². The maximum Gasteiger partial charge on any atom is 0.155 e. The van der Waals surface area contributed by atoms with Crippen LogP contribution in [-0.2, 0) is 0 Å². The molecule has 0 radical (unpaired) electrons. The predicted octanol–water partition coefficient (Wildman–Crippen LogP) is 0.724. The molecule has 82 valence electrons. The molecule has 2 N–H and O–H groups in total. The first-order chi connectivity index (χ1) is 7.88. The van der Waals surface area contributed by atoms with Gasteiger partial charge in [-0.1, -0.05) is 6.07 Å². The normalized spacial score (nSPS) is 23.3. The fourth-order valence-electron chi connectivity index (χ4n) is 2.00. The van der Waals surface area contributed by atoms with Crippen molar-refractivity contribution in [2.24, 2.45) is 11.7 Å². The van der Waals surface area contributed by atoms with Gasteiger partial charge in [0.15, 0.2) is 5.82 Å². The van der Waals surface area contributed by atoms with Crippen LogP contribution in [-0.4, -0.2) is 26.3 Å².